The van der Waals surface area contributed by atoms with Crippen LogP contribution in [-0.4, -0.2) is 18.7 Å². The molecule has 0 bridgehead atoms. The number of hydrogen-bond acceptors (Lipinski definition) is 3. The number of hydrogen-bond donors (Lipinski definition) is 0. The molecule has 1 aromatic carbocycles. The molecule has 1 fully saturated rings. The Labute approximate surface area is 127 Å². The molecule has 21 heavy (non-hydrogen) atoms. The summed E-state index contributed by atoms with van der Waals surface area (Å²) in [4.78, 5) is 11.8. The van der Waals surface area contributed by atoms with Gasteiger partial charge in [0.25, 0.3) is 0 Å². The molecule has 0 aromatic heterocycles. The largest absolute Gasteiger partial charge is 0.482 e. The summed E-state index contributed by atoms with van der Waals surface area (Å²) in [7, 11) is 0. The van der Waals surface area contributed by atoms with Gasteiger partial charge in [-0.05, 0) is 49.1 Å². The van der Waals surface area contributed by atoms with E-state index in [-0.39, 0.29) is 18.7 Å². The zero-order chi connectivity index (χ0) is 15.3. The Hall–Kier alpha value is -1.51. The monoisotopic (exact) mass is 290 g/mol. The third kappa shape index (κ3) is 5.07. The molecule has 0 unspecified atom stereocenters. The maximum atomic E-state index is 11.8. The highest BCUT2D eigenvalue weighted by atomic mass is 16.6. The number of benzene rings is 1. The van der Waals surface area contributed by atoms with Crippen LogP contribution in [0, 0.1) is 11.3 Å². The van der Waals surface area contributed by atoms with Crippen LogP contribution < -0.4 is 4.74 Å². The van der Waals surface area contributed by atoms with Gasteiger partial charge in [0.1, 0.15) is 11.9 Å². The van der Waals surface area contributed by atoms with Gasteiger partial charge in [0.15, 0.2) is 6.61 Å². The molecule has 1 aliphatic rings. The molecule has 0 radical (unpaired) electrons. The molecule has 3 nitrogen and oxygen atoms in total. The molecular weight excluding hydrogens is 264 g/mol. The summed E-state index contributed by atoms with van der Waals surface area (Å²) in [5.41, 5.74) is 0.353. The fourth-order valence-electron chi connectivity index (χ4n) is 2.93. The molecule has 0 N–H and O–H groups in total. The highest BCUT2D eigenvalue weighted by Crippen LogP contribution is 2.38. The SMILES string of the molecule is CC(C)(C)C1CCC(OC(=O)COc2ccccc2)CC1. The lowest BCUT2D eigenvalue weighted by Crippen LogP contribution is -2.31. The Morgan fingerprint density at radius 1 is 1.10 bits per heavy atom. The molecule has 0 heterocycles. The van der Waals surface area contributed by atoms with E-state index in [2.05, 4.69) is 20.8 Å². The normalized spacial score (nSPS) is 22.6. The van der Waals surface area contributed by atoms with Gasteiger partial charge in [-0.15, -0.1) is 0 Å². The van der Waals surface area contributed by atoms with E-state index in [1.165, 1.54) is 0 Å². The maximum Gasteiger partial charge on any atom is 0.344 e. The van der Waals surface area contributed by atoms with Gasteiger partial charge in [-0.3, -0.25) is 0 Å². The van der Waals surface area contributed by atoms with Crippen LogP contribution >= 0.6 is 0 Å². The first-order valence-electron chi connectivity index (χ1n) is 7.82. The number of esters is 1. The van der Waals surface area contributed by atoms with Crippen LogP contribution in [-0.2, 0) is 9.53 Å². The van der Waals surface area contributed by atoms with Crippen LogP contribution in [0.15, 0.2) is 30.3 Å². The van der Waals surface area contributed by atoms with E-state index in [4.69, 9.17) is 9.47 Å². The Balaban J connectivity index is 1.70. The van der Waals surface area contributed by atoms with Gasteiger partial charge >= 0.3 is 5.97 Å². The minimum atomic E-state index is -0.266. The maximum absolute atomic E-state index is 11.8. The van der Waals surface area contributed by atoms with Gasteiger partial charge in [0.2, 0.25) is 0 Å². The summed E-state index contributed by atoms with van der Waals surface area (Å²) in [6.45, 7) is 6.86. The minimum Gasteiger partial charge on any atom is -0.482 e. The van der Waals surface area contributed by atoms with Gasteiger partial charge in [-0.2, -0.15) is 0 Å². The van der Waals surface area contributed by atoms with Crippen molar-refractivity contribution in [1.29, 1.82) is 0 Å². The predicted octanol–water partition coefficient (Wildman–Crippen LogP) is 4.21. The van der Waals surface area contributed by atoms with Gasteiger partial charge in [-0.1, -0.05) is 39.0 Å². The topological polar surface area (TPSA) is 35.5 Å². The van der Waals surface area contributed by atoms with Crippen molar-refractivity contribution < 1.29 is 14.3 Å². The van der Waals surface area contributed by atoms with E-state index < -0.39 is 0 Å². The fraction of sp³-hybridized carbons (Fsp3) is 0.611. The molecule has 3 heteroatoms. The van der Waals surface area contributed by atoms with Crippen LogP contribution in [0.4, 0.5) is 0 Å². The van der Waals surface area contributed by atoms with Gasteiger partial charge in [-0.25, -0.2) is 4.79 Å². The highest BCUT2D eigenvalue weighted by molar-refractivity contribution is 5.71. The first-order valence-corrected chi connectivity index (χ1v) is 7.82. The van der Waals surface area contributed by atoms with Crippen LogP contribution in [0.5, 0.6) is 5.75 Å². The molecule has 1 aliphatic carbocycles. The smallest absolute Gasteiger partial charge is 0.344 e. The molecule has 1 aromatic rings. The average molecular weight is 290 g/mol. The van der Waals surface area contributed by atoms with Gasteiger partial charge in [0, 0.05) is 0 Å². The van der Waals surface area contributed by atoms with Crippen molar-refractivity contribution in [3.05, 3.63) is 30.3 Å². The summed E-state index contributed by atoms with van der Waals surface area (Å²) in [6.07, 6.45) is 4.29. The third-order valence-electron chi connectivity index (χ3n) is 4.30. The van der Waals surface area contributed by atoms with E-state index in [1.807, 2.05) is 30.3 Å². The highest BCUT2D eigenvalue weighted by Gasteiger charge is 2.31. The lowest BCUT2D eigenvalue weighted by Gasteiger charge is -2.36. The van der Waals surface area contributed by atoms with Crippen molar-refractivity contribution in [1.82, 2.24) is 0 Å². The van der Waals surface area contributed by atoms with Gasteiger partial charge < -0.3 is 9.47 Å². The predicted molar refractivity (Wildman–Crippen MR) is 83.2 cm³/mol. The van der Waals surface area contributed by atoms with Crippen molar-refractivity contribution in [3.63, 3.8) is 0 Å². The second-order valence-corrected chi connectivity index (χ2v) is 6.93. The lowest BCUT2D eigenvalue weighted by molar-refractivity contribution is -0.153. The van der Waals surface area contributed by atoms with Gasteiger partial charge in [0.05, 0.1) is 0 Å². The molecule has 0 aliphatic heterocycles. The molecule has 0 saturated heterocycles. The number of carbonyl (C=O) groups is 1. The van der Waals surface area contributed by atoms with Crippen LogP contribution in [0.1, 0.15) is 46.5 Å². The first kappa shape index (κ1) is 15.9. The van der Waals surface area contributed by atoms with Crippen molar-refractivity contribution in [2.75, 3.05) is 6.61 Å². The zero-order valence-electron chi connectivity index (χ0n) is 13.3. The van der Waals surface area contributed by atoms with Crippen LogP contribution in [0.2, 0.25) is 0 Å². The van der Waals surface area contributed by atoms with Crippen molar-refractivity contribution in [2.24, 2.45) is 11.3 Å². The molecule has 0 spiro atoms. The standard InChI is InChI=1S/C18H26O3/c1-18(2,3)14-9-11-16(12-10-14)21-17(19)13-20-15-7-5-4-6-8-15/h4-8,14,16H,9-13H2,1-3H3. The number of carbonyl (C=O) groups excluding carboxylic acids is 1. The fourth-order valence-corrected chi connectivity index (χ4v) is 2.93. The Morgan fingerprint density at radius 3 is 2.29 bits per heavy atom. The summed E-state index contributed by atoms with van der Waals surface area (Å²) in [5.74, 6) is 1.16. The summed E-state index contributed by atoms with van der Waals surface area (Å²) >= 11 is 0. The van der Waals surface area contributed by atoms with E-state index in [1.54, 1.807) is 0 Å². The average Bonchev–Trinajstić information content (AvgIpc) is 2.46. The number of ether oxygens (including phenoxy) is 2. The second kappa shape index (κ2) is 6.97. The van der Waals surface area contributed by atoms with E-state index in [9.17, 15) is 4.79 Å². The van der Waals surface area contributed by atoms with E-state index >= 15 is 0 Å². The number of rotatable bonds is 4. The van der Waals surface area contributed by atoms with E-state index in [0.29, 0.717) is 11.2 Å². The Bertz CT molecular complexity index is 439. The lowest BCUT2D eigenvalue weighted by atomic mass is 9.72. The summed E-state index contributed by atoms with van der Waals surface area (Å²) < 4.78 is 10.9. The zero-order valence-corrected chi connectivity index (χ0v) is 13.3. The molecule has 0 amide bonds. The summed E-state index contributed by atoms with van der Waals surface area (Å²) in [5, 5.41) is 0. The van der Waals surface area contributed by atoms with Crippen LogP contribution in [0.3, 0.4) is 0 Å². The third-order valence-corrected chi connectivity index (χ3v) is 4.30. The van der Waals surface area contributed by atoms with E-state index in [0.717, 1.165) is 31.6 Å². The van der Waals surface area contributed by atoms with Crippen molar-refractivity contribution in [3.8, 4) is 5.75 Å². The molecule has 1 saturated carbocycles. The summed E-state index contributed by atoms with van der Waals surface area (Å²) in [6, 6.07) is 9.35. The van der Waals surface area contributed by atoms with Crippen molar-refractivity contribution in [2.45, 2.75) is 52.6 Å². The molecule has 0 atom stereocenters. The first-order chi connectivity index (χ1) is 9.95. The molecule has 2 rings (SSSR count). The minimum absolute atomic E-state index is 0.0107. The Kier molecular flexibility index (Phi) is 5.27. The second-order valence-electron chi connectivity index (χ2n) is 6.93. The quantitative estimate of drug-likeness (QED) is 0.779. The van der Waals surface area contributed by atoms with Crippen molar-refractivity contribution >= 4 is 5.97 Å². The van der Waals surface area contributed by atoms with Crippen LogP contribution in [0.25, 0.3) is 0 Å². The molecule has 116 valence electrons. The molecular formula is C18H26O3. The number of para-hydroxylation sites is 1. The Morgan fingerprint density at radius 2 is 1.71 bits per heavy atom.